The van der Waals surface area contributed by atoms with Gasteiger partial charge >= 0.3 is 23.9 Å². The fourth-order valence-electron chi connectivity index (χ4n) is 1.31. The van der Waals surface area contributed by atoms with E-state index in [9.17, 15) is 19.2 Å². The first kappa shape index (κ1) is 31.6. The number of aromatic carboxylic acids is 2. The Kier molecular flexibility index (Phi) is 23.4. The zero-order chi connectivity index (χ0) is 23.9. The minimum atomic E-state index is -1.06. The summed E-state index contributed by atoms with van der Waals surface area (Å²) in [7, 11) is 0. The quantitative estimate of drug-likeness (QED) is 0.234. The van der Waals surface area contributed by atoms with Gasteiger partial charge in [-0.1, -0.05) is 0 Å². The summed E-state index contributed by atoms with van der Waals surface area (Å²) in [5, 5.41) is 63.7. The van der Waals surface area contributed by atoms with E-state index >= 15 is 0 Å². The van der Waals surface area contributed by atoms with Crippen LogP contribution in [-0.2, 0) is 9.59 Å². The van der Waals surface area contributed by atoms with Gasteiger partial charge in [0.1, 0.15) is 0 Å². The first-order valence-corrected chi connectivity index (χ1v) is 8.50. The smallest absolute Gasteiger partial charge is 0.335 e. The van der Waals surface area contributed by atoms with Crippen LogP contribution in [0.15, 0.2) is 24.3 Å². The molecule has 172 valence electrons. The third kappa shape index (κ3) is 24.9. The molecule has 12 nitrogen and oxygen atoms in total. The molecule has 0 aliphatic rings. The van der Waals surface area contributed by atoms with E-state index < -0.39 is 23.9 Å². The van der Waals surface area contributed by atoms with E-state index in [1.54, 1.807) is 0 Å². The van der Waals surface area contributed by atoms with E-state index in [2.05, 4.69) is 0 Å². The minimum Gasteiger partial charge on any atom is -0.481 e. The number of aliphatic carboxylic acids is 2. The molecule has 0 amide bonds. The van der Waals surface area contributed by atoms with Crippen LogP contribution in [0.4, 0.5) is 0 Å². The van der Waals surface area contributed by atoms with E-state index in [0.717, 1.165) is 0 Å². The molecule has 0 fully saturated rings. The summed E-state index contributed by atoms with van der Waals surface area (Å²) in [5.41, 5.74) is 0.167. The number of rotatable bonds is 9. The maximum absolute atomic E-state index is 10.3. The highest BCUT2D eigenvalue weighted by Gasteiger charge is 2.04. The normalized spacial score (nSPS) is 8.80. The molecule has 30 heavy (non-hydrogen) atoms. The molecule has 0 saturated heterocycles. The summed E-state index contributed by atoms with van der Waals surface area (Å²) < 4.78 is 0. The summed E-state index contributed by atoms with van der Waals surface area (Å²) in [6.07, 6.45) is 1.02. The first-order valence-electron chi connectivity index (χ1n) is 8.50. The molecular formula is C18H28O12. The average Bonchev–Trinajstić information content (AvgIpc) is 2.71. The monoisotopic (exact) mass is 436 g/mol. The number of carbonyl (C=O) groups is 4. The third-order valence-corrected chi connectivity index (χ3v) is 2.61. The second-order valence-corrected chi connectivity index (χ2v) is 5.08. The topological polar surface area (TPSA) is 230 Å². The summed E-state index contributed by atoms with van der Waals surface area (Å²) in [6, 6.07) is 5.02. The molecule has 1 aromatic carbocycles. The second kappa shape index (κ2) is 22.2. The molecule has 1 rings (SSSR count). The molecule has 12 heteroatoms. The van der Waals surface area contributed by atoms with Crippen molar-refractivity contribution in [2.75, 3.05) is 26.4 Å². The number of carboxylic acids is 4. The van der Waals surface area contributed by atoms with Crippen molar-refractivity contribution in [3.63, 3.8) is 0 Å². The summed E-state index contributed by atoms with van der Waals surface area (Å²) >= 11 is 0. The van der Waals surface area contributed by atoms with Crippen LogP contribution in [0.2, 0.25) is 0 Å². The Balaban J connectivity index is -0.000000364. The number of aliphatic hydroxyl groups is 4. The Labute approximate surface area is 172 Å². The van der Waals surface area contributed by atoms with Gasteiger partial charge in [0.15, 0.2) is 0 Å². The van der Waals surface area contributed by atoms with Gasteiger partial charge in [0.2, 0.25) is 0 Å². The van der Waals surface area contributed by atoms with Gasteiger partial charge in [-0.25, -0.2) is 9.59 Å². The maximum Gasteiger partial charge on any atom is 0.335 e. The lowest BCUT2D eigenvalue weighted by molar-refractivity contribution is -0.139. The lowest BCUT2D eigenvalue weighted by Gasteiger charge is -1.94. The van der Waals surface area contributed by atoms with Crippen LogP contribution in [0.3, 0.4) is 0 Å². The molecule has 1 aromatic rings. The minimum absolute atomic E-state index is 0.0628. The highest BCUT2D eigenvalue weighted by Crippen LogP contribution is 2.03. The van der Waals surface area contributed by atoms with Crippen molar-refractivity contribution in [3.8, 4) is 0 Å². The van der Waals surface area contributed by atoms with Crippen LogP contribution >= 0.6 is 0 Å². The third-order valence-electron chi connectivity index (χ3n) is 2.61. The molecule has 0 aromatic heterocycles. The van der Waals surface area contributed by atoms with E-state index in [1.807, 2.05) is 0 Å². The highest BCUT2D eigenvalue weighted by atomic mass is 16.4. The van der Waals surface area contributed by atoms with Gasteiger partial charge in [-0.2, -0.15) is 0 Å². The van der Waals surface area contributed by atoms with Crippen molar-refractivity contribution >= 4 is 23.9 Å². The van der Waals surface area contributed by atoms with E-state index in [1.165, 1.54) is 24.3 Å². The number of hydrogen-bond acceptors (Lipinski definition) is 8. The van der Waals surface area contributed by atoms with Crippen LogP contribution in [-0.4, -0.2) is 91.2 Å². The molecule has 0 spiro atoms. The predicted molar refractivity (Wildman–Crippen MR) is 102 cm³/mol. The standard InChI is InChI=1S/C8H6O4.C6H10O4.2C2H6O2/c9-7(10)5-1-2-6(4-3-5)8(11)12;7-5(8)3-1-2-4-6(9)10;2*3-1-2-4/h1-4H,(H,9,10)(H,11,12);1-4H2,(H,7,8)(H,9,10);2*3-4H,1-2H2. The number of hydrogen-bond donors (Lipinski definition) is 8. The van der Waals surface area contributed by atoms with Crippen molar-refractivity contribution in [2.24, 2.45) is 0 Å². The van der Waals surface area contributed by atoms with Crippen LogP contribution < -0.4 is 0 Å². The van der Waals surface area contributed by atoms with Gasteiger partial charge in [-0.05, 0) is 37.1 Å². The Hall–Kier alpha value is -3.06. The lowest BCUT2D eigenvalue weighted by Crippen LogP contribution is -1.99. The highest BCUT2D eigenvalue weighted by molar-refractivity contribution is 5.91. The molecule has 0 saturated carbocycles. The lowest BCUT2D eigenvalue weighted by atomic mass is 10.1. The van der Waals surface area contributed by atoms with Crippen molar-refractivity contribution in [1.29, 1.82) is 0 Å². The van der Waals surface area contributed by atoms with Gasteiger partial charge in [-0.15, -0.1) is 0 Å². The van der Waals surface area contributed by atoms with Crippen LogP contribution in [0.5, 0.6) is 0 Å². The second-order valence-electron chi connectivity index (χ2n) is 5.08. The van der Waals surface area contributed by atoms with Gasteiger partial charge in [0, 0.05) is 12.8 Å². The van der Waals surface area contributed by atoms with Gasteiger partial charge in [-0.3, -0.25) is 9.59 Å². The predicted octanol–water partition coefficient (Wildman–Crippen LogP) is -0.259. The molecule has 0 unspecified atom stereocenters. The van der Waals surface area contributed by atoms with Gasteiger partial charge < -0.3 is 40.9 Å². The Morgan fingerprint density at radius 1 is 0.533 bits per heavy atom. The van der Waals surface area contributed by atoms with Gasteiger partial charge in [0.25, 0.3) is 0 Å². The first-order chi connectivity index (χ1) is 14.1. The SMILES string of the molecule is O=C(O)CCCCC(=O)O.O=C(O)c1ccc(C(=O)O)cc1.OCCO.OCCO. The van der Waals surface area contributed by atoms with Gasteiger partial charge in [0.05, 0.1) is 37.6 Å². The van der Waals surface area contributed by atoms with Crippen molar-refractivity contribution in [2.45, 2.75) is 25.7 Å². The molecule has 8 N–H and O–H groups in total. The summed E-state index contributed by atoms with van der Waals surface area (Å²) in [6.45, 7) is -0.500. The fourth-order valence-corrected chi connectivity index (χ4v) is 1.31. The fraction of sp³-hybridized carbons (Fsp3) is 0.444. The van der Waals surface area contributed by atoms with Crippen molar-refractivity contribution in [1.82, 2.24) is 0 Å². The van der Waals surface area contributed by atoms with E-state index in [4.69, 9.17) is 40.9 Å². The molecule has 0 radical (unpaired) electrons. The van der Waals surface area contributed by atoms with E-state index in [0.29, 0.717) is 12.8 Å². The maximum atomic E-state index is 10.3. The zero-order valence-electron chi connectivity index (χ0n) is 16.2. The molecule has 0 aliphatic carbocycles. The molecule has 0 bridgehead atoms. The number of benzene rings is 1. The Bertz CT molecular complexity index is 541. The molecule has 0 heterocycles. The van der Waals surface area contributed by atoms with E-state index in [-0.39, 0.29) is 50.4 Å². The number of carboxylic acid groups (broad SMARTS) is 4. The molecular weight excluding hydrogens is 408 g/mol. The van der Waals surface area contributed by atoms with Crippen LogP contribution in [0, 0.1) is 0 Å². The summed E-state index contributed by atoms with van der Waals surface area (Å²) in [5.74, 6) is -3.87. The number of aliphatic hydroxyl groups excluding tert-OH is 4. The Morgan fingerprint density at radius 3 is 0.900 bits per heavy atom. The molecule has 0 aliphatic heterocycles. The zero-order valence-corrected chi connectivity index (χ0v) is 16.2. The molecule has 0 atom stereocenters. The summed E-state index contributed by atoms with van der Waals surface area (Å²) in [4.78, 5) is 40.5. The largest absolute Gasteiger partial charge is 0.481 e. The number of unbranched alkanes of at least 4 members (excludes halogenated alkanes) is 1. The average molecular weight is 436 g/mol. The van der Waals surface area contributed by atoms with Crippen LogP contribution in [0.1, 0.15) is 46.4 Å². The van der Waals surface area contributed by atoms with Crippen LogP contribution in [0.25, 0.3) is 0 Å². The van der Waals surface area contributed by atoms with Crippen molar-refractivity contribution < 1.29 is 60.0 Å². The Morgan fingerprint density at radius 2 is 0.767 bits per heavy atom. The van der Waals surface area contributed by atoms with Crippen molar-refractivity contribution in [3.05, 3.63) is 35.4 Å².